The minimum atomic E-state index is -1.77. The highest BCUT2D eigenvalue weighted by molar-refractivity contribution is 7.11. The average molecular weight is 381 g/mol. The summed E-state index contributed by atoms with van der Waals surface area (Å²) in [6, 6.07) is 2.30. The van der Waals surface area contributed by atoms with E-state index >= 15 is 0 Å². The molecule has 5 nitrogen and oxygen atoms in total. The molecule has 2 unspecified atom stereocenters. The van der Waals surface area contributed by atoms with Gasteiger partial charge >= 0.3 is 0 Å². The SMILES string of the molecule is CC(Cn1cccn1)NCc1cnc(C(C)O[Si](C)(C)C(C)(C)C)s1. The molecule has 1 N–H and O–H groups in total. The molecule has 2 heterocycles. The van der Waals surface area contributed by atoms with Crippen LogP contribution in [0.5, 0.6) is 0 Å². The summed E-state index contributed by atoms with van der Waals surface area (Å²) >= 11 is 1.74. The van der Waals surface area contributed by atoms with E-state index in [2.05, 4.69) is 63.1 Å². The van der Waals surface area contributed by atoms with Crippen LogP contribution >= 0.6 is 11.3 Å². The van der Waals surface area contributed by atoms with Gasteiger partial charge in [-0.2, -0.15) is 5.10 Å². The van der Waals surface area contributed by atoms with E-state index in [1.165, 1.54) is 4.88 Å². The lowest BCUT2D eigenvalue weighted by Gasteiger charge is -2.38. The third kappa shape index (κ3) is 5.74. The Balaban J connectivity index is 1.87. The molecule has 0 spiro atoms. The number of thiazole rings is 1. The zero-order valence-electron chi connectivity index (χ0n) is 16.5. The normalized spacial score (nSPS) is 15.3. The monoisotopic (exact) mass is 380 g/mol. The number of hydrogen-bond acceptors (Lipinski definition) is 5. The zero-order chi connectivity index (χ0) is 18.7. The fourth-order valence-electron chi connectivity index (χ4n) is 2.29. The average Bonchev–Trinajstić information content (AvgIpc) is 3.14. The van der Waals surface area contributed by atoms with Gasteiger partial charge in [-0.3, -0.25) is 4.68 Å². The molecule has 0 bridgehead atoms. The molecular formula is C18H32N4OSSi. The number of rotatable bonds is 8. The number of hydrogen-bond donors (Lipinski definition) is 1. The summed E-state index contributed by atoms with van der Waals surface area (Å²) in [4.78, 5) is 5.84. The maximum absolute atomic E-state index is 6.45. The molecule has 0 aliphatic heterocycles. The second-order valence-corrected chi connectivity index (χ2v) is 14.1. The predicted molar refractivity (Wildman–Crippen MR) is 107 cm³/mol. The van der Waals surface area contributed by atoms with Crippen LogP contribution in [0.4, 0.5) is 0 Å². The van der Waals surface area contributed by atoms with Gasteiger partial charge in [0.2, 0.25) is 0 Å². The number of nitrogens with one attached hydrogen (secondary N) is 1. The molecule has 2 aromatic heterocycles. The first-order chi connectivity index (χ1) is 11.6. The molecular weight excluding hydrogens is 348 g/mol. The molecule has 0 fully saturated rings. The van der Waals surface area contributed by atoms with Crippen molar-refractivity contribution in [1.82, 2.24) is 20.1 Å². The van der Waals surface area contributed by atoms with Gasteiger partial charge in [-0.1, -0.05) is 20.8 Å². The molecule has 0 amide bonds. The first kappa shape index (κ1) is 20.3. The molecule has 0 aromatic carbocycles. The highest BCUT2D eigenvalue weighted by Gasteiger charge is 2.39. The summed E-state index contributed by atoms with van der Waals surface area (Å²) in [5.41, 5.74) is 0. The van der Waals surface area contributed by atoms with Crippen molar-refractivity contribution in [3.63, 3.8) is 0 Å². The molecule has 2 rings (SSSR count). The van der Waals surface area contributed by atoms with E-state index in [1.807, 2.05) is 29.3 Å². The van der Waals surface area contributed by atoms with Gasteiger partial charge in [-0.05, 0) is 38.0 Å². The third-order valence-electron chi connectivity index (χ3n) is 4.84. The molecule has 0 aliphatic rings. The van der Waals surface area contributed by atoms with Crippen LogP contribution in [0.15, 0.2) is 24.7 Å². The lowest BCUT2D eigenvalue weighted by atomic mass is 10.2. The molecule has 0 saturated heterocycles. The van der Waals surface area contributed by atoms with Crippen LogP contribution in [0.3, 0.4) is 0 Å². The molecule has 2 aromatic rings. The van der Waals surface area contributed by atoms with Gasteiger partial charge in [0.05, 0.1) is 12.6 Å². The van der Waals surface area contributed by atoms with E-state index in [0.717, 1.165) is 18.1 Å². The van der Waals surface area contributed by atoms with Crippen LogP contribution in [0.2, 0.25) is 18.1 Å². The van der Waals surface area contributed by atoms with Crippen molar-refractivity contribution in [2.24, 2.45) is 0 Å². The third-order valence-corrected chi connectivity index (χ3v) is 10.6. The quantitative estimate of drug-likeness (QED) is 0.680. The van der Waals surface area contributed by atoms with Crippen molar-refractivity contribution in [3.05, 3.63) is 34.5 Å². The van der Waals surface area contributed by atoms with E-state index in [9.17, 15) is 0 Å². The Morgan fingerprint density at radius 1 is 1.32 bits per heavy atom. The Morgan fingerprint density at radius 3 is 2.64 bits per heavy atom. The maximum Gasteiger partial charge on any atom is 0.193 e. The smallest absolute Gasteiger partial charge is 0.193 e. The standard InChI is InChI=1S/C18H32N4OSSi/c1-14(13-22-10-8-9-21-22)19-11-16-12-20-17(24-16)15(2)23-25(6,7)18(3,4)5/h8-10,12,14-15,19H,11,13H2,1-7H3. The lowest BCUT2D eigenvalue weighted by Crippen LogP contribution is -2.41. The summed E-state index contributed by atoms with van der Waals surface area (Å²) in [6.07, 6.45) is 5.83. The second kappa shape index (κ2) is 8.12. The topological polar surface area (TPSA) is 52.0 Å². The van der Waals surface area contributed by atoms with Crippen LogP contribution in [0, 0.1) is 0 Å². The van der Waals surface area contributed by atoms with Gasteiger partial charge in [-0.25, -0.2) is 4.98 Å². The highest BCUT2D eigenvalue weighted by Crippen LogP contribution is 2.40. The summed E-state index contributed by atoms with van der Waals surface area (Å²) in [7, 11) is -1.77. The Hall–Kier alpha value is -1.02. The Morgan fingerprint density at radius 2 is 2.04 bits per heavy atom. The minimum absolute atomic E-state index is 0.0566. The van der Waals surface area contributed by atoms with Crippen LogP contribution < -0.4 is 5.32 Å². The van der Waals surface area contributed by atoms with E-state index in [0.29, 0.717) is 6.04 Å². The zero-order valence-corrected chi connectivity index (χ0v) is 18.4. The van der Waals surface area contributed by atoms with Gasteiger partial charge in [0.25, 0.3) is 0 Å². The van der Waals surface area contributed by atoms with Gasteiger partial charge in [0.1, 0.15) is 5.01 Å². The summed E-state index contributed by atoms with van der Waals surface area (Å²) < 4.78 is 8.40. The Labute approximate surface area is 157 Å². The van der Waals surface area contributed by atoms with E-state index in [4.69, 9.17) is 4.43 Å². The van der Waals surface area contributed by atoms with Gasteiger partial charge in [0.15, 0.2) is 8.32 Å². The van der Waals surface area contributed by atoms with Gasteiger partial charge in [0, 0.05) is 36.1 Å². The first-order valence-electron chi connectivity index (χ1n) is 8.92. The second-order valence-electron chi connectivity index (χ2n) is 8.20. The van der Waals surface area contributed by atoms with E-state index in [1.54, 1.807) is 11.3 Å². The maximum atomic E-state index is 6.45. The largest absolute Gasteiger partial charge is 0.408 e. The highest BCUT2D eigenvalue weighted by atomic mass is 32.1. The minimum Gasteiger partial charge on any atom is -0.408 e. The number of nitrogens with zero attached hydrogens (tertiary/aromatic N) is 3. The molecule has 0 saturated carbocycles. The number of aromatic nitrogens is 3. The van der Waals surface area contributed by atoms with Crippen molar-refractivity contribution < 1.29 is 4.43 Å². The molecule has 25 heavy (non-hydrogen) atoms. The van der Waals surface area contributed by atoms with Crippen molar-refractivity contribution >= 4 is 19.7 Å². The van der Waals surface area contributed by atoms with E-state index in [-0.39, 0.29) is 11.1 Å². The lowest BCUT2D eigenvalue weighted by molar-refractivity contribution is 0.202. The molecule has 2 atom stereocenters. The van der Waals surface area contributed by atoms with E-state index < -0.39 is 8.32 Å². The van der Waals surface area contributed by atoms with Crippen molar-refractivity contribution in [3.8, 4) is 0 Å². The molecule has 7 heteroatoms. The van der Waals surface area contributed by atoms with Gasteiger partial charge in [-0.15, -0.1) is 11.3 Å². The summed E-state index contributed by atoms with van der Waals surface area (Å²) in [6.45, 7) is 17.4. The van der Waals surface area contributed by atoms with Crippen molar-refractivity contribution in [1.29, 1.82) is 0 Å². The van der Waals surface area contributed by atoms with Gasteiger partial charge < -0.3 is 9.74 Å². The van der Waals surface area contributed by atoms with Crippen molar-refractivity contribution in [2.45, 2.75) is 78.0 Å². The molecule has 0 aliphatic carbocycles. The van der Waals surface area contributed by atoms with Crippen molar-refractivity contribution in [2.75, 3.05) is 0 Å². The predicted octanol–water partition coefficient (Wildman–Crippen LogP) is 4.60. The van der Waals surface area contributed by atoms with Crippen LogP contribution in [-0.4, -0.2) is 29.1 Å². The van der Waals surface area contributed by atoms with Crippen LogP contribution in [-0.2, 0) is 17.5 Å². The van der Waals surface area contributed by atoms with Crippen LogP contribution in [0.25, 0.3) is 0 Å². The fraction of sp³-hybridized carbons (Fsp3) is 0.667. The van der Waals surface area contributed by atoms with Crippen LogP contribution in [0.1, 0.15) is 50.6 Å². The Kier molecular flexibility index (Phi) is 6.59. The first-order valence-corrected chi connectivity index (χ1v) is 12.6. The Bertz CT molecular complexity index is 648. The fourth-order valence-corrected chi connectivity index (χ4v) is 4.57. The molecule has 0 radical (unpaired) electrons. The molecule has 140 valence electrons. The summed E-state index contributed by atoms with van der Waals surface area (Å²) in [5, 5.41) is 9.07. The summed E-state index contributed by atoms with van der Waals surface area (Å²) in [5.74, 6) is 0.